The van der Waals surface area contributed by atoms with E-state index in [0.717, 1.165) is 0 Å². The van der Waals surface area contributed by atoms with E-state index in [1.807, 2.05) is 0 Å². The first-order chi connectivity index (χ1) is 15.0. The van der Waals surface area contributed by atoms with Gasteiger partial charge in [0.25, 0.3) is 0 Å². The Bertz CT molecular complexity index is 1110. The van der Waals surface area contributed by atoms with Crippen molar-refractivity contribution in [3.05, 3.63) is 75.9 Å². The van der Waals surface area contributed by atoms with Gasteiger partial charge in [0.15, 0.2) is 17.3 Å². The van der Waals surface area contributed by atoms with Gasteiger partial charge in [0.1, 0.15) is 5.82 Å². The van der Waals surface area contributed by atoms with Crippen molar-refractivity contribution in [3.8, 4) is 17.2 Å². The lowest BCUT2D eigenvalue weighted by Gasteiger charge is -2.13. The minimum atomic E-state index is -0.241. The molecule has 0 aliphatic heterocycles. The van der Waals surface area contributed by atoms with Crippen molar-refractivity contribution >= 4 is 46.6 Å². The summed E-state index contributed by atoms with van der Waals surface area (Å²) in [5.74, 6) is 1.61. The highest BCUT2D eigenvalue weighted by molar-refractivity contribution is 6.36. The molecule has 8 heteroatoms. The summed E-state index contributed by atoms with van der Waals surface area (Å²) >= 11 is 12.2. The van der Waals surface area contributed by atoms with Gasteiger partial charge < -0.3 is 19.5 Å². The van der Waals surface area contributed by atoms with Crippen LogP contribution < -0.4 is 19.5 Å². The zero-order valence-electron chi connectivity index (χ0n) is 17.1. The van der Waals surface area contributed by atoms with Crippen LogP contribution >= 0.6 is 23.2 Å². The maximum atomic E-state index is 12.9. The molecule has 0 unspecified atom stereocenters. The number of nitrogens with zero attached hydrogens (tertiary/aromatic N) is 1. The quantitative estimate of drug-likeness (QED) is 0.327. The molecule has 31 heavy (non-hydrogen) atoms. The number of carbonyl (C=O) groups is 1. The third kappa shape index (κ3) is 5.29. The lowest BCUT2D eigenvalue weighted by molar-refractivity contribution is 0.104. The number of allylic oxidation sites excluding steroid dienone is 1. The van der Waals surface area contributed by atoms with E-state index in [-0.39, 0.29) is 5.78 Å². The highest BCUT2D eigenvalue weighted by Gasteiger charge is 2.14. The molecule has 0 radical (unpaired) electrons. The van der Waals surface area contributed by atoms with Crippen LogP contribution in [-0.2, 0) is 0 Å². The van der Waals surface area contributed by atoms with E-state index in [0.29, 0.717) is 49.9 Å². The van der Waals surface area contributed by atoms with E-state index in [1.165, 1.54) is 27.4 Å². The number of methoxy groups -OCH3 is 3. The van der Waals surface area contributed by atoms with Crippen LogP contribution in [-0.4, -0.2) is 32.1 Å². The molecule has 0 bridgehead atoms. The van der Waals surface area contributed by atoms with Crippen LogP contribution in [0.5, 0.6) is 17.2 Å². The Labute approximate surface area is 190 Å². The number of benzene rings is 2. The van der Waals surface area contributed by atoms with Crippen LogP contribution in [0.25, 0.3) is 6.08 Å². The van der Waals surface area contributed by atoms with Crippen molar-refractivity contribution in [2.45, 2.75) is 0 Å². The second-order valence-corrected chi connectivity index (χ2v) is 7.15. The predicted octanol–water partition coefficient (Wildman–Crippen LogP) is 6.05. The van der Waals surface area contributed by atoms with E-state index in [2.05, 4.69) is 10.3 Å². The molecule has 1 aromatic heterocycles. The normalized spacial score (nSPS) is 10.7. The Morgan fingerprint density at radius 2 is 1.71 bits per heavy atom. The highest BCUT2D eigenvalue weighted by atomic mass is 35.5. The summed E-state index contributed by atoms with van der Waals surface area (Å²) in [5.41, 5.74) is 1.69. The molecule has 1 heterocycles. The number of ether oxygens (including phenoxy) is 3. The van der Waals surface area contributed by atoms with E-state index >= 15 is 0 Å². The standard InChI is InChI=1S/C23H20Cl2N2O4/c1-29-20-11-14(12-21(30-2)22(20)31-3)6-9-19(28)16-5-4-10-26-23(16)27-18-8-7-15(24)13-17(18)25/h4-13H,1-3H3,(H,26,27)/b9-6+. The Morgan fingerprint density at radius 3 is 2.32 bits per heavy atom. The van der Waals surface area contributed by atoms with Gasteiger partial charge in [0.05, 0.1) is 37.6 Å². The van der Waals surface area contributed by atoms with E-state index in [4.69, 9.17) is 37.4 Å². The number of hydrogen-bond acceptors (Lipinski definition) is 6. The smallest absolute Gasteiger partial charge is 0.203 e. The Kier molecular flexibility index (Phi) is 7.39. The Morgan fingerprint density at radius 1 is 1.00 bits per heavy atom. The predicted molar refractivity (Wildman–Crippen MR) is 123 cm³/mol. The number of nitrogens with one attached hydrogen (secondary N) is 1. The van der Waals surface area contributed by atoms with Gasteiger partial charge in [0.2, 0.25) is 5.75 Å². The molecule has 2 aromatic carbocycles. The van der Waals surface area contributed by atoms with Gasteiger partial charge >= 0.3 is 0 Å². The monoisotopic (exact) mass is 458 g/mol. The molecule has 6 nitrogen and oxygen atoms in total. The number of carbonyl (C=O) groups excluding carboxylic acids is 1. The molecule has 0 aliphatic rings. The van der Waals surface area contributed by atoms with Gasteiger partial charge in [-0.1, -0.05) is 29.3 Å². The van der Waals surface area contributed by atoms with Crippen LogP contribution in [0.3, 0.4) is 0 Å². The minimum Gasteiger partial charge on any atom is -0.493 e. The number of ketones is 1. The van der Waals surface area contributed by atoms with Crippen molar-refractivity contribution in [2.75, 3.05) is 26.6 Å². The molecule has 0 saturated heterocycles. The highest BCUT2D eigenvalue weighted by Crippen LogP contribution is 2.38. The molecule has 0 amide bonds. The van der Waals surface area contributed by atoms with Gasteiger partial charge in [0, 0.05) is 11.2 Å². The first-order valence-electron chi connectivity index (χ1n) is 9.16. The molecule has 0 fully saturated rings. The molecule has 160 valence electrons. The van der Waals surface area contributed by atoms with Crippen LogP contribution in [0.1, 0.15) is 15.9 Å². The molecule has 0 aliphatic carbocycles. The zero-order chi connectivity index (χ0) is 22.4. The van der Waals surface area contributed by atoms with Crippen LogP contribution in [0.15, 0.2) is 54.7 Å². The lowest BCUT2D eigenvalue weighted by Crippen LogP contribution is -2.04. The lowest BCUT2D eigenvalue weighted by atomic mass is 10.1. The van der Waals surface area contributed by atoms with Gasteiger partial charge in [-0.3, -0.25) is 4.79 Å². The molecule has 1 N–H and O–H groups in total. The van der Waals surface area contributed by atoms with Crippen molar-refractivity contribution in [1.82, 2.24) is 4.98 Å². The van der Waals surface area contributed by atoms with Crippen LogP contribution in [0.2, 0.25) is 10.0 Å². The third-order valence-electron chi connectivity index (χ3n) is 4.37. The van der Waals surface area contributed by atoms with Crippen LogP contribution in [0.4, 0.5) is 11.5 Å². The van der Waals surface area contributed by atoms with E-state index < -0.39 is 0 Å². The first-order valence-corrected chi connectivity index (χ1v) is 9.92. The second-order valence-electron chi connectivity index (χ2n) is 6.30. The summed E-state index contributed by atoms with van der Waals surface area (Å²) in [6.07, 6.45) is 4.71. The number of halogens is 2. The SMILES string of the molecule is COc1cc(/C=C/C(=O)c2cccnc2Nc2ccc(Cl)cc2Cl)cc(OC)c1OC. The fourth-order valence-electron chi connectivity index (χ4n) is 2.88. The molecule has 3 aromatic rings. The van der Waals surface area contributed by atoms with Crippen LogP contribution in [0, 0.1) is 0 Å². The number of anilines is 2. The molecular weight excluding hydrogens is 439 g/mol. The topological polar surface area (TPSA) is 69.7 Å². The third-order valence-corrected chi connectivity index (χ3v) is 4.92. The molecular formula is C23H20Cl2N2O4. The summed E-state index contributed by atoms with van der Waals surface area (Å²) in [6, 6.07) is 11.9. The van der Waals surface area contributed by atoms with Gasteiger partial charge in [-0.25, -0.2) is 4.98 Å². The number of pyridine rings is 1. The fraction of sp³-hybridized carbons (Fsp3) is 0.130. The maximum absolute atomic E-state index is 12.9. The average molecular weight is 459 g/mol. The summed E-state index contributed by atoms with van der Waals surface area (Å²) in [7, 11) is 4.60. The maximum Gasteiger partial charge on any atom is 0.203 e. The Balaban J connectivity index is 1.88. The van der Waals surface area contributed by atoms with Crippen molar-refractivity contribution in [2.24, 2.45) is 0 Å². The average Bonchev–Trinajstić information content (AvgIpc) is 2.78. The van der Waals surface area contributed by atoms with E-state index in [1.54, 1.807) is 54.7 Å². The van der Waals surface area contributed by atoms with Crippen molar-refractivity contribution in [1.29, 1.82) is 0 Å². The number of hydrogen-bond donors (Lipinski definition) is 1. The number of aromatic nitrogens is 1. The van der Waals surface area contributed by atoms with Gasteiger partial charge in [-0.15, -0.1) is 0 Å². The summed E-state index contributed by atoms with van der Waals surface area (Å²) in [4.78, 5) is 17.2. The number of rotatable bonds is 8. The van der Waals surface area contributed by atoms with Crippen molar-refractivity contribution in [3.63, 3.8) is 0 Å². The molecule has 0 saturated carbocycles. The first kappa shape index (κ1) is 22.5. The zero-order valence-corrected chi connectivity index (χ0v) is 18.6. The molecule has 0 atom stereocenters. The van der Waals surface area contributed by atoms with E-state index in [9.17, 15) is 4.79 Å². The summed E-state index contributed by atoms with van der Waals surface area (Å²) < 4.78 is 16.0. The minimum absolute atomic E-state index is 0.241. The molecule has 3 rings (SSSR count). The van der Waals surface area contributed by atoms with Gasteiger partial charge in [-0.05, 0) is 54.1 Å². The largest absolute Gasteiger partial charge is 0.493 e. The van der Waals surface area contributed by atoms with Crippen molar-refractivity contribution < 1.29 is 19.0 Å². The summed E-state index contributed by atoms with van der Waals surface area (Å²) in [5, 5.41) is 4.02. The second kappa shape index (κ2) is 10.2. The Hall–Kier alpha value is -3.22. The van der Waals surface area contributed by atoms with Gasteiger partial charge in [-0.2, -0.15) is 0 Å². The molecule has 0 spiro atoms. The fourth-order valence-corrected chi connectivity index (χ4v) is 3.34. The summed E-state index contributed by atoms with van der Waals surface area (Å²) in [6.45, 7) is 0.